The molecule has 0 saturated carbocycles. The molecule has 2 atom stereocenters. The number of aromatic nitrogens is 3. The topological polar surface area (TPSA) is 79.0 Å². The van der Waals surface area contributed by atoms with Crippen molar-refractivity contribution < 1.29 is 0 Å². The minimum Gasteiger partial charge on any atom is -0.316 e. The zero-order chi connectivity index (χ0) is 22.8. The van der Waals surface area contributed by atoms with E-state index in [4.69, 9.17) is 10.4 Å². The number of nitrogens with one attached hydrogen (secondary N) is 2. The number of nitrogens with zero attached hydrogens (tertiary/aromatic N) is 4. The number of hydrogen-bond acceptors (Lipinski definition) is 5. The van der Waals surface area contributed by atoms with Gasteiger partial charge in [-0.15, -0.1) is 0 Å². The third kappa shape index (κ3) is 4.71. The fraction of sp³-hybridized carbons (Fsp3) is 0.333. The van der Waals surface area contributed by atoms with Gasteiger partial charge in [0.15, 0.2) is 0 Å². The molecule has 2 N–H and O–H groups in total. The zero-order valence-corrected chi connectivity index (χ0v) is 19.3. The average Bonchev–Trinajstić information content (AvgIpc) is 3.60. The molecular weight excluding hydrogens is 408 g/mol. The third-order valence-electron chi connectivity index (χ3n) is 6.52. The Bertz CT molecular complexity index is 1230. The van der Waals surface area contributed by atoms with E-state index in [9.17, 15) is 0 Å². The Kier molecular flexibility index (Phi) is 6.01. The van der Waals surface area contributed by atoms with Crippen LogP contribution in [0.15, 0.2) is 59.9 Å². The normalized spacial score (nSPS) is 19.8. The summed E-state index contributed by atoms with van der Waals surface area (Å²) >= 11 is 0. The van der Waals surface area contributed by atoms with Gasteiger partial charge in [-0.25, -0.2) is 4.98 Å². The van der Waals surface area contributed by atoms with Gasteiger partial charge in [-0.2, -0.15) is 5.10 Å². The summed E-state index contributed by atoms with van der Waals surface area (Å²) in [6.45, 7) is 4.23. The standard InChI is InChI=1S/C27H30N6/c1-18-12-22(15-30-18)24-7-9-26(32-27(24)25(28)8-6-19-10-11-29-14-19)21-5-3-4-20(13-21)23-16-31-33(2)17-23/h3-5,7,9,12-13,15-19,28-29H,6,8,10-11,14H2,1-2H3. The summed E-state index contributed by atoms with van der Waals surface area (Å²) in [5, 5.41) is 16.6. The highest BCUT2D eigenvalue weighted by molar-refractivity contribution is 6.15. The van der Waals surface area contributed by atoms with E-state index in [0.29, 0.717) is 11.6 Å². The maximum atomic E-state index is 8.92. The molecule has 5 rings (SSSR count). The van der Waals surface area contributed by atoms with Crippen LogP contribution >= 0.6 is 0 Å². The van der Waals surface area contributed by atoms with E-state index in [2.05, 4.69) is 64.8 Å². The first kappa shape index (κ1) is 21.5. The van der Waals surface area contributed by atoms with E-state index in [0.717, 1.165) is 65.1 Å². The van der Waals surface area contributed by atoms with Crippen molar-refractivity contribution in [3.05, 3.63) is 66.1 Å². The van der Waals surface area contributed by atoms with Gasteiger partial charge in [0.25, 0.3) is 0 Å². The van der Waals surface area contributed by atoms with E-state index in [1.807, 2.05) is 30.3 Å². The summed E-state index contributed by atoms with van der Waals surface area (Å²) < 4.78 is 1.81. The Balaban J connectivity index is 1.49. The first-order valence-electron chi connectivity index (χ1n) is 11.7. The summed E-state index contributed by atoms with van der Waals surface area (Å²) in [4.78, 5) is 9.53. The molecule has 4 heterocycles. The van der Waals surface area contributed by atoms with Crippen LogP contribution in [0.1, 0.15) is 37.4 Å². The first-order chi connectivity index (χ1) is 16.1. The van der Waals surface area contributed by atoms with Crippen LogP contribution in [0.3, 0.4) is 0 Å². The fourth-order valence-corrected chi connectivity index (χ4v) is 4.64. The van der Waals surface area contributed by atoms with E-state index in [1.165, 1.54) is 6.42 Å². The van der Waals surface area contributed by atoms with E-state index >= 15 is 0 Å². The molecule has 0 radical (unpaired) electrons. The molecule has 0 aliphatic carbocycles. The van der Waals surface area contributed by atoms with Crippen molar-refractivity contribution in [2.24, 2.45) is 18.0 Å². The van der Waals surface area contributed by atoms with Gasteiger partial charge in [0.1, 0.15) is 0 Å². The molecule has 2 aromatic heterocycles. The molecule has 0 spiro atoms. The molecule has 2 aliphatic heterocycles. The average molecular weight is 439 g/mol. The van der Waals surface area contributed by atoms with E-state index < -0.39 is 0 Å². The van der Waals surface area contributed by atoms with Crippen molar-refractivity contribution in [2.45, 2.75) is 32.2 Å². The van der Waals surface area contributed by atoms with Gasteiger partial charge < -0.3 is 10.7 Å². The second kappa shape index (κ2) is 9.24. The monoisotopic (exact) mass is 438 g/mol. The van der Waals surface area contributed by atoms with Crippen molar-refractivity contribution in [3.63, 3.8) is 0 Å². The van der Waals surface area contributed by atoms with Crippen LogP contribution < -0.4 is 5.32 Å². The molecule has 2 unspecified atom stereocenters. The zero-order valence-electron chi connectivity index (χ0n) is 19.3. The van der Waals surface area contributed by atoms with Gasteiger partial charge in [-0.05, 0) is 74.5 Å². The molecule has 6 nitrogen and oxygen atoms in total. The lowest BCUT2D eigenvalue weighted by atomic mass is 9.94. The smallest absolute Gasteiger partial charge is 0.0923 e. The first-order valence-corrected chi connectivity index (χ1v) is 11.7. The van der Waals surface area contributed by atoms with Crippen LogP contribution in [0.2, 0.25) is 0 Å². The van der Waals surface area contributed by atoms with E-state index in [-0.39, 0.29) is 6.04 Å². The van der Waals surface area contributed by atoms with Crippen molar-refractivity contribution in [3.8, 4) is 22.4 Å². The van der Waals surface area contributed by atoms with Crippen LogP contribution in [0.5, 0.6) is 0 Å². The highest BCUT2D eigenvalue weighted by Gasteiger charge is 2.20. The molecule has 1 saturated heterocycles. The molecule has 6 heteroatoms. The number of benzene rings is 1. The number of rotatable bonds is 7. The Morgan fingerprint density at radius 1 is 1.18 bits per heavy atom. The number of hydrogen-bond donors (Lipinski definition) is 2. The minimum absolute atomic E-state index is 0.169. The van der Waals surface area contributed by atoms with Gasteiger partial charge in [0.05, 0.1) is 29.3 Å². The summed E-state index contributed by atoms with van der Waals surface area (Å²) in [7, 11) is 1.93. The van der Waals surface area contributed by atoms with Crippen LogP contribution in [0.4, 0.5) is 0 Å². The Morgan fingerprint density at radius 3 is 2.79 bits per heavy atom. The Labute approximate surface area is 195 Å². The van der Waals surface area contributed by atoms with Gasteiger partial charge in [-0.3, -0.25) is 9.67 Å². The molecule has 1 aromatic carbocycles. The molecule has 2 aliphatic rings. The highest BCUT2D eigenvalue weighted by Crippen LogP contribution is 2.29. The number of aliphatic imine (C=N–C) groups is 1. The summed E-state index contributed by atoms with van der Waals surface area (Å²) in [5.74, 6) is 0.653. The highest BCUT2D eigenvalue weighted by atomic mass is 15.2. The van der Waals surface area contributed by atoms with Crippen molar-refractivity contribution in [1.29, 1.82) is 5.41 Å². The van der Waals surface area contributed by atoms with Crippen molar-refractivity contribution in [1.82, 2.24) is 20.1 Å². The summed E-state index contributed by atoms with van der Waals surface area (Å²) in [6.07, 6.45) is 10.9. The largest absolute Gasteiger partial charge is 0.316 e. The lowest BCUT2D eigenvalue weighted by molar-refractivity contribution is 0.545. The summed E-state index contributed by atoms with van der Waals surface area (Å²) in [6, 6.07) is 12.7. The molecule has 168 valence electrons. The lowest BCUT2D eigenvalue weighted by Gasteiger charge is -2.14. The molecular formula is C27H30N6. The number of pyridine rings is 1. The number of aryl methyl sites for hydroxylation is 1. The predicted octanol–water partition coefficient (Wildman–Crippen LogP) is 4.76. The lowest BCUT2D eigenvalue weighted by Crippen LogP contribution is -2.12. The van der Waals surface area contributed by atoms with Gasteiger partial charge in [-0.1, -0.05) is 24.3 Å². The Morgan fingerprint density at radius 2 is 2.06 bits per heavy atom. The van der Waals surface area contributed by atoms with Crippen molar-refractivity contribution in [2.75, 3.05) is 13.1 Å². The second-order valence-corrected chi connectivity index (χ2v) is 9.09. The maximum absolute atomic E-state index is 8.92. The fourth-order valence-electron chi connectivity index (χ4n) is 4.64. The molecule has 1 fully saturated rings. The molecule has 0 bridgehead atoms. The SMILES string of the molecule is CC1C=C(c2ccc(-c3cccc(-c4cnn(C)c4)c3)nc2C(=N)CCC2CCNC2)C=N1. The third-order valence-corrected chi connectivity index (χ3v) is 6.52. The van der Waals surface area contributed by atoms with Gasteiger partial charge >= 0.3 is 0 Å². The minimum atomic E-state index is 0.169. The Hall–Kier alpha value is -3.38. The van der Waals surface area contributed by atoms with Gasteiger partial charge in [0, 0.05) is 36.1 Å². The number of allylic oxidation sites excluding steroid dienone is 1. The van der Waals surface area contributed by atoms with Crippen LogP contribution in [-0.4, -0.2) is 45.8 Å². The summed E-state index contributed by atoms with van der Waals surface area (Å²) in [5.41, 5.74) is 7.56. The van der Waals surface area contributed by atoms with Crippen LogP contribution in [0, 0.1) is 11.3 Å². The second-order valence-electron chi connectivity index (χ2n) is 9.09. The predicted molar refractivity (Wildman–Crippen MR) is 135 cm³/mol. The van der Waals surface area contributed by atoms with Crippen LogP contribution in [-0.2, 0) is 7.05 Å². The molecule has 33 heavy (non-hydrogen) atoms. The molecule has 3 aromatic rings. The maximum Gasteiger partial charge on any atom is 0.0923 e. The van der Waals surface area contributed by atoms with E-state index in [1.54, 1.807) is 0 Å². The van der Waals surface area contributed by atoms with Gasteiger partial charge in [0.2, 0.25) is 0 Å². The van der Waals surface area contributed by atoms with Crippen LogP contribution in [0.25, 0.3) is 28.0 Å². The van der Waals surface area contributed by atoms with Crippen molar-refractivity contribution >= 4 is 17.5 Å². The molecule has 0 amide bonds. The quantitative estimate of drug-likeness (QED) is 0.522.